The summed E-state index contributed by atoms with van der Waals surface area (Å²) < 4.78 is 0. The SMILES string of the molecule is Cc1c(C)c(C)c(C(O)c2c(C)c(C)c(C)c(CCC(C)(C)c3ccc(C(O)c4ccc(C(C)(C)C)cc4)cc3)c2C)c(C)c1C. The summed E-state index contributed by atoms with van der Waals surface area (Å²) in [7, 11) is 0. The van der Waals surface area contributed by atoms with Crippen LogP contribution in [0.4, 0.5) is 0 Å². The molecule has 2 unspecified atom stereocenters. The fraction of sp³-hybridized carbons (Fsp3) is 0.455. The molecule has 2 N–H and O–H groups in total. The zero-order chi connectivity index (χ0) is 34.5. The van der Waals surface area contributed by atoms with Crippen LogP contribution in [0.3, 0.4) is 0 Å². The average molecular weight is 619 g/mol. The lowest BCUT2D eigenvalue weighted by Gasteiger charge is -2.30. The van der Waals surface area contributed by atoms with E-state index >= 15 is 0 Å². The molecule has 2 heteroatoms. The van der Waals surface area contributed by atoms with E-state index in [1.165, 1.54) is 66.8 Å². The maximum atomic E-state index is 12.1. The zero-order valence-electron chi connectivity index (χ0n) is 31.1. The molecule has 0 radical (unpaired) electrons. The Balaban J connectivity index is 1.61. The molecule has 0 aliphatic carbocycles. The van der Waals surface area contributed by atoms with Crippen molar-refractivity contribution in [3.05, 3.63) is 138 Å². The molecule has 4 aromatic rings. The van der Waals surface area contributed by atoms with Crippen LogP contribution in [0.2, 0.25) is 0 Å². The Morgan fingerprint density at radius 1 is 0.457 bits per heavy atom. The van der Waals surface area contributed by atoms with Gasteiger partial charge in [0.1, 0.15) is 12.2 Å². The number of aliphatic hydroxyl groups excluding tert-OH is 2. The summed E-state index contributed by atoms with van der Waals surface area (Å²) in [6, 6.07) is 16.9. The van der Waals surface area contributed by atoms with Gasteiger partial charge >= 0.3 is 0 Å². The second-order valence-corrected chi connectivity index (χ2v) is 15.6. The highest BCUT2D eigenvalue weighted by molar-refractivity contribution is 5.57. The first kappa shape index (κ1) is 35.7. The normalized spacial score (nSPS) is 13.7. The summed E-state index contributed by atoms with van der Waals surface area (Å²) in [6.07, 6.45) is 0.599. The van der Waals surface area contributed by atoms with Gasteiger partial charge in [-0.25, -0.2) is 0 Å². The summed E-state index contributed by atoms with van der Waals surface area (Å²) in [5, 5.41) is 23.2. The van der Waals surface area contributed by atoms with Crippen LogP contribution in [-0.2, 0) is 17.3 Å². The second-order valence-electron chi connectivity index (χ2n) is 15.6. The zero-order valence-corrected chi connectivity index (χ0v) is 31.1. The number of aliphatic hydroxyl groups is 2. The Labute approximate surface area is 279 Å². The van der Waals surface area contributed by atoms with Crippen molar-refractivity contribution < 1.29 is 10.2 Å². The number of rotatable bonds is 8. The molecule has 2 atom stereocenters. The van der Waals surface area contributed by atoms with Crippen LogP contribution in [0, 0.1) is 62.3 Å². The van der Waals surface area contributed by atoms with Crippen molar-refractivity contribution in [3.63, 3.8) is 0 Å². The first-order valence-corrected chi connectivity index (χ1v) is 17.0. The minimum atomic E-state index is -0.660. The van der Waals surface area contributed by atoms with E-state index in [1.54, 1.807) is 0 Å². The van der Waals surface area contributed by atoms with E-state index < -0.39 is 12.2 Å². The van der Waals surface area contributed by atoms with Crippen molar-refractivity contribution in [2.24, 2.45) is 0 Å². The summed E-state index contributed by atoms with van der Waals surface area (Å²) in [6.45, 7) is 31.0. The second kappa shape index (κ2) is 13.1. The molecular formula is C44H58O2. The standard InChI is InChI=1S/C44H58O2/c1-25-26(2)30(6)39(31(7)27(25)3)42(46)40-32(8)28(4)29(5)38(33(40)9)23-24-44(13,14)37-21-17-35(18-22-37)41(45)34-15-19-36(20-16-34)43(10,11)12/h15-22,41-42,45-46H,23-24H2,1-14H3. The van der Waals surface area contributed by atoms with Crippen molar-refractivity contribution >= 4 is 0 Å². The predicted octanol–water partition coefficient (Wildman–Crippen LogP) is 10.8. The molecule has 46 heavy (non-hydrogen) atoms. The number of hydrogen-bond acceptors (Lipinski definition) is 2. The Bertz CT molecular complexity index is 1700. The molecule has 0 spiro atoms. The number of benzene rings is 4. The van der Waals surface area contributed by atoms with Crippen molar-refractivity contribution in [2.75, 3.05) is 0 Å². The molecular weight excluding hydrogens is 560 g/mol. The van der Waals surface area contributed by atoms with Crippen molar-refractivity contribution in [2.45, 2.75) is 133 Å². The molecule has 0 bridgehead atoms. The topological polar surface area (TPSA) is 40.5 Å². The Kier molecular flexibility index (Phi) is 10.2. The highest BCUT2D eigenvalue weighted by Gasteiger charge is 2.28. The minimum Gasteiger partial charge on any atom is -0.384 e. The van der Waals surface area contributed by atoms with E-state index in [2.05, 4.69) is 133 Å². The lowest BCUT2D eigenvalue weighted by molar-refractivity contribution is 0.216. The minimum absolute atomic E-state index is 0.0629. The van der Waals surface area contributed by atoms with Gasteiger partial charge in [-0.15, -0.1) is 0 Å². The van der Waals surface area contributed by atoms with Crippen molar-refractivity contribution in [3.8, 4) is 0 Å². The van der Waals surface area contributed by atoms with Gasteiger partial charge < -0.3 is 10.2 Å². The quantitative estimate of drug-likeness (QED) is 0.206. The fourth-order valence-electron chi connectivity index (χ4n) is 7.36. The predicted molar refractivity (Wildman–Crippen MR) is 197 cm³/mol. The average Bonchev–Trinajstić information content (AvgIpc) is 3.01. The highest BCUT2D eigenvalue weighted by atomic mass is 16.3. The molecule has 0 saturated carbocycles. The van der Waals surface area contributed by atoms with E-state index in [9.17, 15) is 10.2 Å². The lowest BCUT2D eigenvalue weighted by atomic mass is 9.76. The van der Waals surface area contributed by atoms with Gasteiger partial charge in [-0.3, -0.25) is 0 Å². The molecule has 0 saturated heterocycles. The van der Waals surface area contributed by atoms with E-state index in [1.807, 2.05) is 12.1 Å². The Hall–Kier alpha value is -3.20. The first-order chi connectivity index (χ1) is 21.3. The third-order valence-corrected chi connectivity index (χ3v) is 11.5. The van der Waals surface area contributed by atoms with Gasteiger partial charge in [0.2, 0.25) is 0 Å². The molecule has 0 heterocycles. The maximum absolute atomic E-state index is 12.1. The largest absolute Gasteiger partial charge is 0.384 e. The molecule has 246 valence electrons. The molecule has 0 aromatic heterocycles. The maximum Gasteiger partial charge on any atom is 0.105 e. The van der Waals surface area contributed by atoms with Gasteiger partial charge in [-0.1, -0.05) is 83.1 Å². The third kappa shape index (κ3) is 6.62. The van der Waals surface area contributed by atoms with E-state index in [0.29, 0.717) is 0 Å². The van der Waals surface area contributed by atoms with E-state index in [0.717, 1.165) is 35.1 Å². The first-order valence-electron chi connectivity index (χ1n) is 17.0. The third-order valence-electron chi connectivity index (χ3n) is 11.5. The van der Waals surface area contributed by atoms with Crippen LogP contribution in [0.5, 0.6) is 0 Å². The molecule has 4 aromatic carbocycles. The van der Waals surface area contributed by atoms with Crippen LogP contribution in [0.15, 0.2) is 48.5 Å². The Morgan fingerprint density at radius 3 is 1.26 bits per heavy atom. The lowest BCUT2D eigenvalue weighted by Crippen LogP contribution is -2.20. The highest BCUT2D eigenvalue weighted by Crippen LogP contribution is 2.40. The van der Waals surface area contributed by atoms with Crippen molar-refractivity contribution in [1.82, 2.24) is 0 Å². The van der Waals surface area contributed by atoms with Gasteiger partial charge in [0.15, 0.2) is 0 Å². The summed E-state index contributed by atoms with van der Waals surface area (Å²) in [5.41, 5.74) is 19.2. The van der Waals surface area contributed by atoms with Gasteiger partial charge in [0.05, 0.1) is 0 Å². The molecule has 0 amide bonds. The number of hydrogen-bond donors (Lipinski definition) is 2. The summed E-state index contributed by atoms with van der Waals surface area (Å²) >= 11 is 0. The summed E-state index contributed by atoms with van der Waals surface area (Å²) in [4.78, 5) is 0. The monoisotopic (exact) mass is 618 g/mol. The van der Waals surface area contributed by atoms with Gasteiger partial charge in [-0.05, 0) is 175 Å². The van der Waals surface area contributed by atoms with Crippen LogP contribution < -0.4 is 0 Å². The van der Waals surface area contributed by atoms with Crippen LogP contribution in [-0.4, -0.2) is 10.2 Å². The summed E-state index contributed by atoms with van der Waals surface area (Å²) in [5.74, 6) is 0. The fourth-order valence-corrected chi connectivity index (χ4v) is 7.36. The molecule has 0 aliphatic rings. The van der Waals surface area contributed by atoms with Crippen LogP contribution in [0.25, 0.3) is 0 Å². The van der Waals surface area contributed by atoms with E-state index in [-0.39, 0.29) is 10.8 Å². The molecule has 4 rings (SSSR count). The Morgan fingerprint density at radius 2 is 0.826 bits per heavy atom. The van der Waals surface area contributed by atoms with Gasteiger partial charge in [0, 0.05) is 0 Å². The smallest absolute Gasteiger partial charge is 0.105 e. The van der Waals surface area contributed by atoms with Crippen LogP contribution >= 0.6 is 0 Å². The van der Waals surface area contributed by atoms with E-state index in [4.69, 9.17) is 0 Å². The van der Waals surface area contributed by atoms with Crippen molar-refractivity contribution in [1.29, 1.82) is 0 Å². The van der Waals surface area contributed by atoms with Gasteiger partial charge in [0.25, 0.3) is 0 Å². The molecule has 2 nitrogen and oxygen atoms in total. The van der Waals surface area contributed by atoms with Crippen LogP contribution in [0.1, 0.15) is 142 Å². The molecule has 0 aliphatic heterocycles. The van der Waals surface area contributed by atoms with Gasteiger partial charge in [-0.2, -0.15) is 0 Å². The molecule has 0 fully saturated rings.